The molecule has 0 aromatic heterocycles. The van der Waals surface area contributed by atoms with Gasteiger partial charge < -0.3 is 10.1 Å². The Labute approximate surface area is 139 Å². The highest BCUT2D eigenvalue weighted by atomic mass is 19.2. The van der Waals surface area contributed by atoms with Gasteiger partial charge in [-0.1, -0.05) is 12.1 Å². The Bertz CT molecular complexity index is 720. The van der Waals surface area contributed by atoms with Gasteiger partial charge in [-0.05, 0) is 60.8 Å². The number of hydrogen-bond donors (Lipinski definition) is 1. The lowest BCUT2D eigenvalue weighted by molar-refractivity contribution is 0.00664. The SMILES string of the molecule is Cc1cc(F)ccc1C1CNCCC1OCc1ccc(F)c(F)c1. The summed E-state index contributed by atoms with van der Waals surface area (Å²) < 4.78 is 45.6. The van der Waals surface area contributed by atoms with Crippen LogP contribution in [-0.2, 0) is 11.3 Å². The molecule has 0 saturated carbocycles. The maximum absolute atomic E-state index is 13.3. The minimum atomic E-state index is -0.868. The van der Waals surface area contributed by atoms with Crippen molar-refractivity contribution >= 4 is 0 Å². The summed E-state index contributed by atoms with van der Waals surface area (Å²) in [5.41, 5.74) is 2.55. The normalized spacial score (nSPS) is 21.0. The lowest BCUT2D eigenvalue weighted by Gasteiger charge is -2.33. The second kappa shape index (κ2) is 7.36. The molecule has 0 bridgehead atoms. The Balaban J connectivity index is 1.73. The number of rotatable bonds is 4. The topological polar surface area (TPSA) is 21.3 Å². The molecule has 1 saturated heterocycles. The van der Waals surface area contributed by atoms with Crippen molar-refractivity contribution in [2.45, 2.75) is 32.0 Å². The Morgan fingerprint density at radius 3 is 2.67 bits per heavy atom. The molecule has 0 amide bonds. The quantitative estimate of drug-likeness (QED) is 0.909. The van der Waals surface area contributed by atoms with Gasteiger partial charge >= 0.3 is 0 Å². The van der Waals surface area contributed by atoms with E-state index >= 15 is 0 Å². The lowest BCUT2D eigenvalue weighted by Crippen LogP contribution is -2.40. The van der Waals surface area contributed by atoms with Crippen LogP contribution in [0.5, 0.6) is 0 Å². The third-order valence-corrected chi connectivity index (χ3v) is 4.50. The fraction of sp³-hybridized carbons (Fsp3) is 0.368. The van der Waals surface area contributed by atoms with Crippen molar-refractivity contribution in [3.8, 4) is 0 Å². The molecule has 2 aromatic carbocycles. The molecule has 2 nitrogen and oxygen atoms in total. The molecule has 0 radical (unpaired) electrons. The number of nitrogens with one attached hydrogen (secondary N) is 1. The summed E-state index contributed by atoms with van der Waals surface area (Å²) in [6.07, 6.45) is 0.758. The van der Waals surface area contributed by atoms with Gasteiger partial charge in [-0.2, -0.15) is 0 Å². The summed E-state index contributed by atoms with van der Waals surface area (Å²) in [4.78, 5) is 0. The predicted molar refractivity (Wildman–Crippen MR) is 86.3 cm³/mol. The maximum atomic E-state index is 13.3. The fourth-order valence-electron chi connectivity index (χ4n) is 3.23. The molecule has 2 atom stereocenters. The second-order valence-electron chi connectivity index (χ2n) is 6.20. The maximum Gasteiger partial charge on any atom is 0.159 e. The number of benzene rings is 2. The molecule has 0 spiro atoms. The van der Waals surface area contributed by atoms with Crippen molar-refractivity contribution in [2.75, 3.05) is 13.1 Å². The minimum Gasteiger partial charge on any atom is -0.373 e. The zero-order valence-electron chi connectivity index (χ0n) is 13.5. The van der Waals surface area contributed by atoms with Gasteiger partial charge in [-0.15, -0.1) is 0 Å². The predicted octanol–water partition coefficient (Wildman–Crippen LogP) is 4.07. The third kappa shape index (κ3) is 3.79. The van der Waals surface area contributed by atoms with Crippen molar-refractivity contribution in [1.29, 1.82) is 0 Å². The van der Waals surface area contributed by atoms with E-state index in [9.17, 15) is 13.2 Å². The fourth-order valence-corrected chi connectivity index (χ4v) is 3.23. The van der Waals surface area contributed by atoms with Gasteiger partial charge in [0.15, 0.2) is 11.6 Å². The summed E-state index contributed by atoms with van der Waals surface area (Å²) in [5.74, 6) is -1.88. The Hall–Kier alpha value is -1.85. The number of aryl methyl sites for hydroxylation is 1. The summed E-state index contributed by atoms with van der Waals surface area (Å²) in [5, 5.41) is 3.34. The van der Waals surface area contributed by atoms with E-state index in [-0.39, 0.29) is 24.4 Å². The molecule has 2 aromatic rings. The van der Waals surface area contributed by atoms with Gasteiger partial charge in [0, 0.05) is 12.5 Å². The van der Waals surface area contributed by atoms with Crippen LogP contribution < -0.4 is 5.32 Å². The van der Waals surface area contributed by atoms with Crippen LogP contribution in [0.4, 0.5) is 13.2 Å². The molecule has 0 aliphatic carbocycles. The van der Waals surface area contributed by atoms with E-state index in [1.807, 2.05) is 6.92 Å². The van der Waals surface area contributed by atoms with E-state index in [4.69, 9.17) is 4.74 Å². The molecular weight excluding hydrogens is 315 g/mol. The third-order valence-electron chi connectivity index (χ3n) is 4.50. The van der Waals surface area contributed by atoms with Gasteiger partial charge in [-0.3, -0.25) is 0 Å². The van der Waals surface area contributed by atoms with Crippen molar-refractivity contribution in [3.63, 3.8) is 0 Å². The Kier molecular flexibility index (Phi) is 5.21. The molecule has 1 N–H and O–H groups in total. The zero-order chi connectivity index (χ0) is 17.1. The van der Waals surface area contributed by atoms with Gasteiger partial charge in [0.05, 0.1) is 12.7 Å². The van der Waals surface area contributed by atoms with Crippen molar-refractivity contribution < 1.29 is 17.9 Å². The number of halogens is 3. The van der Waals surface area contributed by atoms with E-state index < -0.39 is 11.6 Å². The van der Waals surface area contributed by atoms with Gasteiger partial charge in [0.2, 0.25) is 0 Å². The molecule has 128 valence electrons. The molecule has 2 unspecified atom stereocenters. The van der Waals surface area contributed by atoms with E-state index in [0.29, 0.717) is 5.56 Å². The first-order valence-electron chi connectivity index (χ1n) is 8.07. The van der Waals surface area contributed by atoms with Gasteiger partial charge in [0.25, 0.3) is 0 Å². The van der Waals surface area contributed by atoms with Crippen LogP contribution >= 0.6 is 0 Å². The molecule has 1 heterocycles. The first kappa shape index (κ1) is 17.0. The van der Waals surface area contributed by atoms with E-state index in [1.165, 1.54) is 18.2 Å². The average Bonchev–Trinajstić information content (AvgIpc) is 2.56. The van der Waals surface area contributed by atoms with Crippen LogP contribution in [0, 0.1) is 24.4 Å². The van der Waals surface area contributed by atoms with Crippen LogP contribution in [-0.4, -0.2) is 19.2 Å². The van der Waals surface area contributed by atoms with E-state index in [1.54, 1.807) is 6.07 Å². The van der Waals surface area contributed by atoms with E-state index in [0.717, 1.165) is 42.8 Å². The zero-order valence-corrected chi connectivity index (χ0v) is 13.5. The standard InChI is InChI=1S/C19H20F3NO/c1-12-8-14(20)3-4-15(12)16-10-23-7-6-19(16)24-11-13-2-5-17(21)18(22)9-13/h2-5,8-9,16,19,23H,6-7,10-11H2,1H3. The Morgan fingerprint density at radius 2 is 1.92 bits per heavy atom. The van der Waals surface area contributed by atoms with Crippen molar-refractivity contribution in [2.24, 2.45) is 0 Å². The molecule has 1 aliphatic heterocycles. The molecule has 1 aliphatic rings. The summed E-state index contributed by atoms with van der Waals surface area (Å²) in [6.45, 7) is 3.69. The van der Waals surface area contributed by atoms with Crippen molar-refractivity contribution in [3.05, 3.63) is 70.5 Å². The number of ether oxygens (including phenoxy) is 1. The average molecular weight is 335 g/mol. The van der Waals surface area contributed by atoms with Crippen LogP contribution in [0.3, 0.4) is 0 Å². The smallest absolute Gasteiger partial charge is 0.159 e. The van der Waals surface area contributed by atoms with E-state index in [2.05, 4.69) is 5.32 Å². The second-order valence-corrected chi connectivity index (χ2v) is 6.20. The monoisotopic (exact) mass is 335 g/mol. The molecule has 1 fully saturated rings. The first-order valence-corrected chi connectivity index (χ1v) is 8.07. The number of hydrogen-bond acceptors (Lipinski definition) is 2. The molecule has 24 heavy (non-hydrogen) atoms. The number of piperidine rings is 1. The lowest BCUT2D eigenvalue weighted by atomic mass is 9.86. The molecule has 5 heteroatoms. The minimum absolute atomic E-state index is 0.0523. The largest absolute Gasteiger partial charge is 0.373 e. The highest BCUT2D eigenvalue weighted by molar-refractivity contribution is 5.31. The molecule has 3 rings (SSSR count). The van der Waals surface area contributed by atoms with Gasteiger partial charge in [0.1, 0.15) is 5.82 Å². The van der Waals surface area contributed by atoms with Crippen LogP contribution in [0.1, 0.15) is 29.0 Å². The molecular formula is C19H20F3NO. The first-order chi connectivity index (χ1) is 11.5. The van der Waals surface area contributed by atoms with Crippen LogP contribution in [0.15, 0.2) is 36.4 Å². The van der Waals surface area contributed by atoms with Crippen molar-refractivity contribution in [1.82, 2.24) is 5.32 Å². The Morgan fingerprint density at radius 1 is 1.08 bits per heavy atom. The summed E-state index contributed by atoms with van der Waals surface area (Å²) >= 11 is 0. The highest BCUT2D eigenvalue weighted by Gasteiger charge is 2.28. The highest BCUT2D eigenvalue weighted by Crippen LogP contribution is 2.29. The van der Waals surface area contributed by atoms with Gasteiger partial charge in [-0.25, -0.2) is 13.2 Å². The van der Waals surface area contributed by atoms with Crippen LogP contribution in [0.2, 0.25) is 0 Å². The summed E-state index contributed by atoms with van der Waals surface area (Å²) in [7, 11) is 0. The van der Waals surface area contributed by atoms with Crippen LogP contribution in [0.25, 0.3) is 0 Å². The summed E-state index contributed by atoms with van der Waals surface area (Å²) in [6, 6.07) is 8.58.